The van der Waals surface area contributed by atoms with Gasteiger partial charge in [0, 0.05) is 77.1 Å². The molecule has 0 saturated carbocycles. The number of hydrogen-bond acceptors (Lipinski definition) is 10. The number of carbonyl (C=O) groups is 1. The molecule has 0 spiro atoms. The number of fused-ring (bicyclic) bond motifs is 1. The van der Waals surface area contributed by atoms with E-state index in [1.54, 1.807) is 0 Å². The van der Waals surface area contributed by atoms with E-state index in [1.807, 2.05) is 0 Å². The molecule has 0 aliphatic heterocycles. The topological polar surface area (TPSA) is 200 Å². The molecule has 0 aliphatic rings. The Morgan fingerprint density at radius 2 is 1.62 bits per heavy atom. The van der Waals surface area contributed by atoms with E-state index in [-0.39, 0.29) is 98.5 Å². The number of halogens is 3. The third-order valence-electron chi connectivity index (χ3n) is 5.08. The van der Waals surface area contributed by atoms with Gasteiger partial charge in [0.1, 0.15) is 15.6 Å². The quantitative estimate of drug-likeness (QED) is 0.0725. The standard InChI is InChI=1S/C22H15ClF2N6O7S2.2Na/c1-10(32)26-17-8-12(27-21-19(23)20(24)28-22(25)29-21)4-5-16(17)31-30-13-3-2-11-6-14(39(33,34)35)9-18(15(11)7-13)40(36,37)38;;/h2-9H,1H3,(H,26,32)(H,27,28,29)(H,33,34,35)(H,36,37,38);;. The second-order valence-corrected chi connectivity index (χ2v) is 11.2. The van der Waals surface area contributed by atoms with Gasteiger partial charge in [-0.3, -0.25) is 13.9 Å². The molecule has 13 nitrogen and oxygen atoms in total. The number of benzene rings is 3. The maximum atomic E-state index is 13.6. The van der Waals surface area contributed by atoms with Gasteiger partial charge in [0.15, 0.2) is 5.82 Å². The van der Waals surface area contributed by atoms with E-state index in [0.29, 0.717) is 6.07 Å². The zero-order chi connectivity index (χ0) is 29.4. The molecule has 1 aromatic heterocycles. The van der Waals surface area contributed by atoms with Crippen LogP contribution in [0.3, 0.4) is 0 Å². The Labute approximate surface area is 286 Å². The fraction of sp³-hybridized carbons (Fsp3) is 0.0455. The molecule has 0 aliphatic carbocycles. The van der Waals surface area contributed by atoms with Gasteiger partial charge in [0.2, 0.25) is 11.9 Å². The van der Waals surface area contributed by atoms with Crippen molar-refractivity contribution in [1.29, 1.82) is 0 Å². The Hall–Kier alpha value is -2.16. The summed E-state index contributed by atoms with van der Waals surface area (Å²) in [6, 6.07) is 9.56. The fourth-order valence-corrected chi connectivity index (χ4v) is 4.91. The van der Waals surface area contributed by atoms with Crippen molar-refractivity contribution in [2.45, 2.75) is 16.7 Å². The van der Waals surface area contributed by atoms with Crippen molar-refractivity contribution < 1.29 is 39.5 Å². The minimum atomic E-state index is -4.92. The van der Waals surface area contributed by atoms with Crippen LogP contribution >= 0.6 is 11.6 Å². The van der Waals surface area contributed by atoms with E-state index in [1.165, 1.54) is 43.3 Å². The van der Waals surface area contributed by atoms with Crippen molar-refractivity contribution in [2.24, 2.45) is 10.2 Å². The molecular weight excluding hydrogens is 644 g/mol. The summed E-state index contributed by atoms with van der Waals surface area (Å²) >= 11 is 5.77. The number of carbonyl (C=O) groups excluding carboxylic acids is 1. The fourth-order valence-electron chi connectivity index (χ4n) is 3.43. The van der Waals surface area contributed by atoms with Gasteiger partial charge in [-0.2, -0.15) is 40.7 Å². The first-order valence-corrected chi connectivity index (χ1v) is 13.9. The number of nitrogens with zero attached hydrogens (tertiary/aromatic N) is 4. The zero-order valence-electron chi connectivity index (χ0n) is 21.8. The first-order valence-electron chi connectivity index (χ1n) is 10.6. The van der Waals surface area contributed by atoms with Crippen molar-refractivity contribution in [3.8, 4) is 0 Å². The van der Waals surface area contributed by atoms with Crippen LogP contribution in [-0.4, -0.2) is 101 Å². The molecule has 4 aromatic rings. The molecule has 4 rings (SSSR count). The van der Waals surface area contributed by atoms with Gasteiger partial charge in [-0.15, -0.1) is 5.11 Å². The third kappa shape index (κ3) is 8.70. The van der Waals surface area contributed by atoms with Gasteiger partial charge < -0.3 is 10.6 Å². The molecule has 0 fully saturated rings. The first kappa shape index (κ1) is 36.0. The van der Waals surface area contributed by atoms with Crippen LogP contribution in [0.2, 0.25) is 5.02 Å². The molecule has 1 amide bonds. The molecule has 1 heterocycles. The summed E-state index contributed by atoms with van der Waals surface area (Å²) in [6.45, 7) is 1.22. The van der Waals surface area contributed by atoms with Gasteiger partial charge in [-0.25, -0.2) is 0 Å². The minimum absolute atomic E-state index is 0. The van der Waals surface area contributed by atoms with Gasteiger partial charge >= 0.3 is 6.08 Å². The predicted octanol–water partition coefficient (Wildman–Crippen LogP) is 4.41. The van der Waals surface area contributed by atoms with Crippen molar-refractivity contribution in [1.82, 2.24) is 9.97 Å². The number of aromatic nitrogens is 2. The summed E-state index contributed by atoms with van der Waals surface area (Å²) < 4.78 is 92.9. The van der Waals surface area contributed by atoms with E-state index >= 15 is 0 Å². The molecule has 0 atom stereocenters. The SMILES string of the molecule is CC(=O)Nc1cc(Nc2nc(F)nc(F)c2Cl)ccc1N=Nc1ccc2cc(S(=O)(=O)O)cc(S(=O)(=O)O)c2c1.[Na].[Na]. The van der Waals surface area contributed by atoms with Crippen LogP contribution in [0.15, 0.2) is 68.6 Å². The van der Waals surface area contributed by atoms with Gasteiger partial charge in [-0.1, -0.05) is 17.7 Å². The Balaban J connectivity index is 0.00000308. The normalized spacial score (nSPS) is 11.6. The second-order valence-electron chi connectivity index (χ2n) is 7.96. The largest absolute Gasteiger partial charge is 0.339 e. The Morgan fingerprint density at radius 3 is 2.24 bits per heavy atom. The van der Waals surface area contributed by atoms with E-state index < -0.39 is 53.0 Å². The minimum Gasteiger partial charge on any atom is -0.339 e. The van der Waals surface area contributed by atoms with Crippen LogP contribution in [0.25, 0.3) is 10.8 Å². The molecule has 210 valence electrons. The summed E-state index contributed by atoms with van der Waals surface area (Å²) in [6.07, 6.45) is -1.36. The molecule has 4 N–H and O–H groups in total. The maximum absolute atomic E-state index is 13.6. The van der Waals surface area contributed by atoms with Crippen molar-refractivity contribution in [3.63, 3.8) is 0 Å². The van der Waals surface area contributed by atoms with Crippen LogP contribution in [-0.2, 0) is 25.0 Å². The molecular formula is C22H15ClF2N6Na2O7S2. The van der Waals surface area contributed by atoms with E-state index in [0.717, 1.165) is 6.07 Å². The molecule has 0 saturated heterocycles. The van der Waals surface area contributed by atoms with Gasteiger partial charge in [0.25, 0.3) is 20.2 Å². The van der Waals surface area contributed by atoms with Crippen molar-refractivity contribution in [2.75, 3.05) is 10.6 Å². The zero-order valence-corrected chi connectivity index (χ0v) is 28.2. The second kappa shape index (κ2) is 14.1. The molecule has 42 heavy (non-hydrogen) atoms. The number of amides is 1. The summed E-state index contributed by atoms with van der Waals surface area (Å²) in [5.41, 5.74) is 0.459. The average Bonchev–Trinajstić information content (AvgIpc) is 2.84. The molecule has 2 radical (unpaired) electrons. The monoisotopic (exact) mass is 658 g/mol. The molecule has 0 bridgehead atoms. The molecule has 20 heteroatoms. The number of hydrogen-bond donors (Lipinski definition) is 4. The van der Waals surface area contributed by atoms with Crippen LogP contribution in [0.5, 0.6) is 0 Å². The van der Waals surface area contributed by atoms with E-state index in [4.69, 9.17) is 11.6 Å². The number of azo groups is 1. The Kier molecular flexibility index (Phi) is 12.1. The van der Waals surface area contributed by atoms with Crippen LogP contribution in [0.4, 0.5) is 37.3 Å². The number of nitrogens with one attached hydrogen (secondary N) is 2. The average molecular weight is 659 g/mol. The van der Waals surface area contributed by atoms with E-state index in [2.05, 4.69) is 30.8 Å². The molecule has 0 unspecified atom stereocenters. The summed E-state index contributed by atoms with van der Waals surface area (Å²) in [5.74, 6) is -2.16. The Morgan fingerprint density at radius 1 is 0.929 bits per heavy atom. The smallest absolute Gasteiger partial charge is 0.313 e. The van der Waals surface area contributed by atoms with Crippen molar-refractivity contribution in [3.05, 3.63) is 65.6 Å². The predicted molar refractivity (Wildman–Crippen MR) is 150 cm³/mol. The summed E-state index contributed by atoms with van der Waals surface area (Å²) in [7, 11) is -9.71. The van der Waals surface area contributed by atoms with Crippen LogP contribution < -0.4 is 10.6 Å². The number of rotatable bonds is 7. The third-order valence-corrected chi connectivity index (χ3v) is 7.14. The summed E-state index contributed by atoms with van der Waals surface area (Å²) in [5, 5.41) is 12.5. The number of anilines is 3. The van der Waals surface area contributed by atoms with Crippen LogP contribution in [0.1, 0.15) is 6.92 Å². The van der Waals surface area contributed by atoms with Crippen molar-refractivity contribution >= 4 is 136 Å². The van der Waals surface area contributed by atoms with E-state index in [9.17, 15) is 39.5 Å². The Bertz CT molecular complexity index is 1950. The van der Waals surface area contributed by atoms with Gasteiger partial charge in [-0.05, 0) is 47.9 Å². The molecule has 3 aromatic carbocycles. The van der Waals surface area contributed by atoms with Crippen LogP contribution in [0, 0.1) is 12.0 Å². The maximum Gasteiger partial charge on any atom is 0.313 e. The summed E-state index contributed by atoms with van der Waals surface area (Å²) in [4.78, 5) is 16.5. The van der Waals surface area contributed by atoms with Gasteiger partial charge in [0.05, 0.1) is 16.3 Å². The first-order chi connectivity index (χ1) is 18.6.